The Morgan fingerprint density at radius 2 is 1.91 bits per heavy atom. The van der Waals surface area contributed by atoms with Gasteiger partial charge in [-0.15, -0.1) is 11.3 Å². The molecule has 1 atom stereocenters. The number of aromatic nitrogens is 5. The number of anilines is 2. The van der Waals surface area contributed by atoms with E-state index in [1.165, 1.54) is 29.8 Å². The number of benzene rings is 1. The van der Waals surface area contributed by atoms with E-state index in [1.54, 1.807) is 29.2 Å². The zero-order valence-corrected chi connectivity index (χ0v) is 18.5. The summed E-state index contributed by atoms with van der Waals surface area (Å²) in [6.45, 7) is 3.75. The van der Waals surface area contributed by atoms with Crippen LogP contribution in [0.1, 0.15) is 46.0 Å². The molecule has 3 aromatic heterocycles. The number of rotatable bonds is 7. The van der Waals surface area contributed by atoms with Crippen LogP contribution in [0, 0.1) is 6.92 Å². The summed E-state index contributed by atoms with van der Waals surface area (Å²) in [5.74, 6) is 1.07. The van der Waals surface area contributed by atoms with Crippen LogP contribution in [0.3, 0.4) is 0 Å². The van der Waals surface area contributed by atoms with E-state index in [-0.39, 0.29) is 18.1 Å². The molecule has 0 spiro atoms. The summed E-state index contributed by atoms with van der Waals surface area (Å²) >= 11 is 1.34. The lowest BCUT2D eigenvalue weighted by Gasteiger charge is -2.09. The molecule has 1 unspecified atom stereocenters. The number of nitrogens with one attached hydrogen (secondary N) is 1. The van der Waals surface area contributed by atoms with E-state index in [0.717, 1.165) is 22.8 Å². The number of thiazole rings is 1. The number of hydrogen-bond acceptors (Lipinski definition) is 7. The molecular formula is C22H19F3N6OS. The first-order valence-electron chi connectivity index (χ1n) is 9.96. The van der Waals surface area contributed by atoms with Crippen molar-refractivity contribution in [1.82, 2.24) is 24.5 Å². The number of Topliss-reactive ketones (excluding diaryl/α,β-unsaturated/α-hetero) is 1. The minimum atomic E-state index is -4.38. The third-order valence-corrected chi connectivity index (χ3v) is 6.12. The van der Waals surface area contributed by atoms with E-state index in [0.29, 0.717) is 22.3 Å². The van der Waals surface area contributed by atoms with Gasteiger partial charge in [0, 0.05) is 41.6 Å². The number of alkyl halides is 3. The second-order valence-corrected chi connectivity index (χ2v) is 8.46. The second-order valence-electron chi connectivity index (χ2n) is 7.40. The molecule has 170 valence electrons. The Balaban J connectivity index is 1.41. The van der Waals surface area contributed by atoms with E-state index in [2.05, 4.69) is 25.3 Å². The Labute approximate surface area is 191 Å². The quantitative estimate of drug-likeness (QED) is 0.354. The van der Waals surface area contributed by atoms with E-state index >= 15 is 0 Å². The fourth-order valence-corrected chi connectivity index (χ4v) is 4.06. The van der Waals surface area contributed by atoms with Crippen molar-refractivity contribution in [3.8, 4) is 5.82 Å². The second kappa shape index (κ2) is 9.10. The lowest BCUT2D eigenvalue weighted by Crippen LogP contribution is -2.09. The van der Waals surface area contributed by atoms with Crippen LogP contribution in [0.4, 0.5) is 24.0 Å². The summed E-state index contributed by atoms with van der Waals surface area (Å²) in [6, 6.07) is 6.36. The van der Waals surface area contributed by atoms with Gasteiger partial charge in [0.2, 0.25) is 0 Å². The highest BCUT2D eigenvalue weighted by molar-refractivity contribution is 7.15. The number of halogens is 3. The van der Waals surface area contributed by atoms with Gasteiger partial charge in [0.15, 0.2) is 10.9 Å². The molecule has 0 aliphatic heterocycles. The van der Waals surface area contributed by atoms with Crippen molar-refractivity contribution < 1.29 is 18.0 Å². The molecule has 4 aromatic rings. The molecule has 0 bridgehead atoms. The van der Waals surface area contributed by atoms with Gasteiger partial charge in [0.1, 0.15) is 23.7 Å². The molecule has 0 aliphatic carbocycles. The van der Waals surface area contributed by atoms with Crippen molar-refractivity contribution in [2.75, 3.05) is 5.32 Å². The lowest BCUT2D eigenvalue weighted by atomic mass is 10.0. The normalized spacial score (nSPS) is 12.5. The van der Waals surface area contributed by atoms with E-state index in [1.807, 2.05) is 13.8 Å². The summed E-state index contributed by atoms with van der Waals surface area (Å²) in [5.41, 5.74) is 0.0969. The van der Waals surface area contributed by atoms with Crippen LogP contribution >= 0.6 is 11.3 Å². The average Bonchev–Trinajstić information content (AvgIpc) is 3.42. The zero-order chi connectivity index (χ0) is 23.6. The summed E-state index contributed by atoms with van der Waals surface area (Å²) in [4.78, 5) is 30.4. The maximum absolute atomic E-state index is 12.8. The maximum atomic E-state index is 12.8. The van der Waals surface area contributed by atoms with Crippen molar-refractivity contribution in [2.45, 2.75) is 32.4 Å². The van der Waals surface area contributed by atoms with Gasteiger partial charge < -0.3 is 5.32 Å². The molecular weight excluding hydrogens is 453 g/mol. The highest BCUT2D eigenvalue weighted by Crippen LogP contribution is 2.33. The molecule has 3 heterocycles. The lowest BCUT2D eigenvalue weighted by molar-refractivity contribution is -0.137. The third kappa shape index (κ3) is 5.25. The Kier molecular flexibility index (Phi) is 6.23. The number of carbonyl (C=O) groups excluding carboxylic acids is 1. The number of hydrogen-bond donors (Lipinski definition) is 1. The SMILES string of the molecule is Cc1nccn1-c1cc(C(=O)CC(C)c2cnc(Nc3ccc(C(F)(F)F)cc3)s2)ncn1. The van der Waals surface area contributed by atoms with Crippen molar-refractivity contribution in [3.63, 3.8) is 0 Å². The molecule has 11 heteroatoms. The van der Waals surface area contributed by atoms with Gasteiger partial charge in [-0.05, 0) is 37.1 Å². The van der Waals surface area contributed by atoms with Crippen LogP contribution in [-0.4, -0.2) is 30.3 Å². The zero-order valence-electron chi connectivity index (χ0n) is 17.7. The van der Waals surface area contributed by atoms with E-state index in [4.69, 9.17) is 0 Å². The highest BCUT2D eigenvalue weighted by Gasteiger charge is 2.30. The number of aryl methyl sites for hydroxylation is 1. The molecule has 7 nitrogen and oxygen atoms in total. The molecule has 0 saturated carbocycles. The number of ketones is 1. The van der Waals surface area contributed by atoms with Crippen LogP contribution < -0.4 is 5.32 Å². The standard InChI is InChI=1S/C22H19F3N6OS/c1-13(9-18(32)17-10-20(29-12-28-17)31-8-7-26-14(31)2)19-11-27-21(33-19)30-16-5-3-15(4-6-16)22(23,24)25/h3-8,10-13H,9H2,1-2H3,(H,27,30). The first-order chi connectivity index (χ1) is 15.7. The van der Waals surface area contributed by atoms with Crippen molar-refractivity contribution in [3.05, 3.63) is 77.2 Å². The molecule has 0 amide bonds. The van der Waals surface area contributed by atoms with E-state index < -0.39 is 11.7 Å². The minimum absolute atomic E-state index is 0.119. The highest BCUT2D eigenvalue weighted by atomic mass is 32.1. The maximum Gasteiger partial charge on any atom is 0.416 e. The van der Waals surface area contributed by atoms with Crippen LogP contribution in [0.5, 0.6) is 0 Å². The first kappa shape index (κ1) is 22.6. The number of imidazole rings is 1. The Morgan fingerprint density at radius 3 is 2.58 bits per heavy atom. The van der Waals surface area contributed by atoms with Crippen LogP contribution in [0.25, 0.3) is 5.82 Å². The van der Waals surface area contributed by atoms with Crippen LogP contribution in [0.15, 0.2) is 55.2 Å². The Morgan fingerprint density at radius 1 is 1.15 bits per heavy atom. The molecule has 1 N–H and O–H groups in total. The first-order valence-corrected chi connectivity index (χ1v) is 10.8. The Bertz CT molecular complexity index is 1270. The molecule has 1 aromatic carbocycles. The van der Waals surface area contributed by atoms with Crippen molar-refractivity contribution in [1.29, 1.82) is 0 Å². The summed E-state index contributed by atoms with van der Waals surface area (Å²) in [5, 5.41) is 3.53. The van der Waals surface area contributed by atoms with Gasteiger partial charge in [-0.2, -0.15) is 13.2 Å². The topological polar surface area (TPSA) is 85.6 Å². The van der Waals surface area contributed by atoms with Crippen molar-refractivity contribution >= 4 is 27.9 Å². The van der Waals surface area contributed by atoms with Gasteiger partial charge in [0.05, 0.1) is 5.56 Å². The van der Waals surface area contributed by atoms with Gasteiger partial charge >= 0.3 is 6.18 Å². The molecule has 0 saturated heterocycles. The van der Waals surface area contributed by atoms with Crippen LogP contribution in [-0.2, 0) is 6.18 Å². The summed E-state index contributed by atoms with van der Waals surface area (Å²) in [7, 11) is 0. The Hall–Kier alpha value is -3.60. The molecule has 4 rings (SSSR count). The van der Waals surface area contributed by atoms with Gasteiger partial charge in [-0.3, -0.25) is 9.36 Å². The van der Waals surface area contributed by atoms with Gasteiger partial charge in [-0.25, -0.2) is 19.9 Å². The predicted molar refractivity (Wildman–Crippen MR) is 118 cm³/mol. The summed E-state index contributed by atoms with van der Waals surface area (Å²) < 4.78 is 39.9. The molecule has 0 radical (unpaired) electrons. The summed E-state index contributed by atoms with van der Waals surface area (Å²) in [6.07, 6.45) is 2.27. The van der Waals surface area contributed by atoms with E-state index in [9.17, 15) is 18.0 Å². The number of nitrogens with zero attached hydrogens (tertiary/aromatic N) is 5. The largest absolute Gasteiger partial charge is 0.416 e. The fraction of sp³-hybridized carbons (Fsp3) is 0.227. The fourth-order valence-electron chi connectivity index (χ4n) is 3.17. The third-order valence-electron chi connectivity index (χ3n) is 4.98. The molecule has 0 fully saturated rings. The van der Waals surface area contributed by atoms with Gasteiger partial charge in [-0.1, -0.05) is 6.92 Å². The smallest absolute Gasteiger partial charge is 0.332 e. The minimum Gasteiger partial charge on any atom is -0.332 e. The predicted octanol–water partition coefficient (Wildman–Crippen LogP) is 5.57. The van der Waals surface area contributed by atoms with Crippen molar-refractivity contribution in [2.24, 2.45) is 0 Å². The molecule has 33 heavy (non-hydrogen) atoms. The average molecular weight is 472 g/mol. The molecule has 0 aliphatic rings. The monoisotopic (exact) mass is 472 g/mol. The number of carbonyl (C=O) groups is 1. The van der Waals surface area contributed by atoms with Gasteiger partial charge in [0.25, 0.3) is 0 Å². The van der Waals surface area contributed by atoms with Crippen LogP contribution in [0.2, 0.25) is 0 Å².